The van der Waals surface area contributed by atoms with Crippen LogP contribution in [0.15, 0.2) is 43.0 Å². The van der Waals surface area contributed by atoms with Crippen LogP contribution in [0.25, 0.3) is 6.08 Å². The van der Waals surface area contributed by atoms with Gasteiger partial charge >= 0.3 is 0 Å². The van der Waals surface area contributed by atoms with E-state index in [2.05, 4.69) is 43.9 Å². The van der Waals surface area contributed by atoms with Gasteiger partial charge in [-0.25, -0.2) is 0 Å². The molecule has 0 aliphatic heterocycles. The van der Waals surface area contributed by atoms with Crippen molar-refractivity contribution in [3.63, 3.8) is 0 Å². The Morgan fingerprint density at radius 1 is 1.31 bits per heavy atom. The molecule has 1 rings (SSSR count). The Kier molecular flexibility index (Phi) is 3.51. The van der Waals surface area contributed by atoms with Gasteiger partial charge in [-0.3, -0.25) is 0 Å². The molecular formula is C13H16. The van der Waals surface area contributed by atoms with Gasteiger partial charge in [0.15, 0.2) is 0 Å². The SMILES string of the molecule is C=Cc1ccccc1C(C)/C=C/C. The quantitative estimate of drug-likeness (QED) is 0.604. The lowest BCUT2D eigenvalue weighted by Crippen LogP contribution is -1.91. The van der Waals surface area contributed by atoms with E-state index >= 15 is 0 Å². The van der Waals surface area contributed by atoms with Crippen molar-refractivity contribution in [1.29, 1.82) is 0 Å². The predicted octanol–water partition coefficient (Wildman–Crippen LogP) is 4.01. The van der Waals surface area contributed by atoms with E-state index in [1.807, 2.05) is 19.1 Å². The Labute approximate surface area is 80.6 Å². The molecule has 1 unspecified atom stereocenters. The number of benzene rings is 1. The van der Waals surface area contributed by atoms with Crippen molar-refractivity contribution in [2.24, 2.45) is 0 Å². The maximum Gasteiger partial charge on any atom is -0.000462 e. The maximum atomic E-state index is 3.81. The van der Waals surface area contributed by atoms with Gasteiger partial charge in [0, 0.05) is 0 Å². The van der Waals surface area contributed by atoms with Gasteiger partial charge in [0.25, 0.3) is 0 Å². The van der Waals surface area contributed by atoms with E-state index in [0.29, 0.717) is 5.92 Å². The van der Waals surface area contributed by atoms with Crippen molar-refractivity contribution in [3.8, 4) is 0 Å². The summed E-state index contributed by atoms with van der Waals surface area (Å²) < 4.78 is 0. The lowest BCUT2D eigenvalue weighted by atomic mass is 9.95. The van der Waals surface area contributed by atoms with Crippen molar-refractivity contribution in [3.05, 3.63) is 54.1 Å². The molecule has 0 N–H and O–H groups in total. The molecule has 0 bridgehead atoms. The molecule has 0 amide bonds. The molecule has 0 aliphatic carbocycles. The average molecular weight is 172 g/mol. The molecule has 1 aromatic carbocycles. The molecule has 13 heavy (non-hydrogen) atoms. The predicted molar refractivity (Wildman–Crippen MR) is 59.8 cm³/mol. The van der Waals surface area contributed by atoms with Crippen molar-refractivity contribution in [2.45, 2.75) is 19.8 Å². The summed E-state index contributed by atoms with van der Waals surface area (Å²) in [6, 6.07) is 8.37. The molecule has 0 heteroatoms. The molecule has 0 saturated heterocycles. The van der Waals surface area contributed by atoms with E-state index in [1.54, 1.807) is 0 Å². The first-order valence-electron chi connectivity index (χ1n) is 4.63. The maximum absolute atomic E-state index is 3.81. The third-order valence-corrected chi connectivity index (χ3v) is 2.19. The van der Waals surface area contributed by atoms with Gasteiger partial charge in [0.1, 0.15) is 0 Å². The third kappa shape index (κ3) is 2.32. The Morgan fingerprint density at radius 2 is 2.00 bits per heavy atom. The van der Waals surface area contributed by atoms with Gasteiger partial charge in [0.05, 0.1) is 0 Å². The van der Waals surface area contributed by atoms with E-state index in [9.17, 15) is 0 Å². The zero-order chi connectivity index (χ0) is 9.68. The summed E-state index contributed by atoms with van der Waals surface area (Å²) in [5, 5.41) is 0. The summed E-state index contributed by atoms with van der Waals surface area (Å²) in [6.07, 6.45) is 6.20. The first kappa shape index (κ1) is 9.79. The van der Waals surface area contributed by atoms with E-state index in [-0.39, 0.29) is 0 Å². The zero-order valence-electron chi connectivity index (χ0n) is 8.33. The van der Waals surface area contributed by atoms with Gasteiger partial charge < -0.3 is 0 Å². The molecule has 0 heterocycles. The minimum Gasteiger partial charge on any atom is -0.0985 e. The second-order valence-corrected chi connectivity index (χ2v) is 3.15. The number of rotatable bonds is 3. The van der Waals surface area contributed by atoms with Crippen LogP contribution in [0.5, 0.6) is 0 Å². The highest BCUT2D eigenvalue weighted by Gasteiger charge is 2.03. The minimum absolute atomic E-state index is 0.471. The van der Waals surface area contributed by atoms with E-state index in [1.165, 1.54) is 11.1 Å². The Hall–Kier alpha value is -1.30. The van der Waals surface area contributed by atoms with Crippen molar-refractivity contribution in [2.75, 3.05) is 0 Å². The topological polar surface area (TPSA) is 0 Å². The summed E-state index contributed by atoms with van der Waals surface area (Å²) in [7, 11) is 0. The van der Waals surface area contributed by atoms with Crippen LogP contribution in [0.2, 0.25) is 0 Å². The van der Waals surface area contributed by atoms with E-state index < -0.39 is 0 Å². The highest BCUT2D eigenvalue weighted by Crippen LogP contribution is 2.21. The molecule has 0 aliphatic rings. The second-order valence-electron chi connectivity index (χ2n) is 3.15. The zero-order valence-corrected chi connectivity index (χ0v) is 8.33. The fourth-order valence-electron chi connectivity index (χ4n) is 1.50. The lowest BCUT2D eigenvalue weighted by molar-refractivity contribution is 0.961. The monoisotopic (exact) mass is 172 g/mol. The molecule has 0 radical (unpaired) electrons. The Morgan fingerprint density at radius 3 is 2.62 bits per heavy atom. The van der Waals surface area contributed by atoms with Crippen molar-refractivity contribution < 1.29 is 0 Å². The van der Waals surface area contributed by atoms with Crippen LogP contribution < -0.4 is 0 Å². The standard InChI is InChI=1S/C13H16/c1-4-8-11(3)13-10-7-6-9-12(13)5-2/h4-11H,2H2,1,3H3/b8-4+. The van der Waals surface area contributed by atoms with Crippen molar-refractivity contribution >= 4 is 6.08 Å². The fraction of sp³-hybridized carbons (Fsp3) is 0.231. The van der Waals surface area contributed by atoms with E-state index in [0.717, 1.165) is 0 Å². The lowest BCUT2D eigenvalue weighted by Gasteiger charge is -2.09. The molecule has 68 valence electrons. The molecule has 1 aromatic rings. The minimum atomic E-state index is 0.471. The normalized spacial score (nSPS) is 13.1. The Balaban J connectivity index is 3.05. The fourth-order valence-corrected chi connectivity index (χ4v) is 1.50. The van der Waals surface area contributed by atoms with Crippen LogP contribution in [0.3, 0.4) is 0 Å². The van der Waals surface area contributed by atoms with Crippen LogP contribution in [-0.2, 0) is 0 Å². The highest BCUT2D eigenvalue weighted by atomic mass is 14.1. The van der Waals surface area contributed by atoms with Crippen LogP contribution >= 0.6 is 0 Å². The van der Waals surface area contributed by atoms with Gasteiger partial charge in [-0.05, 0) is 24.0 Å². The molecule has 0 fully saturated rings. The van der Waals surface area contributed by atoms with Crippen LogP contribution in [0.1, 0.15) is 30.9 Å². The van der Waals surface area contributed by atoms with E-state index in [4.69, 9.17) is 0 Å². The molecule has 0 nitrogen and oxygen atoms in total. The molecule has 0 saturated carbocycles. The van der Waals surface area contributed by atoms with Crippen LogP contribution in [0.4, 0.5) is 0 Å². The van der Waals surface area contributed by atoms with Gasteiger partial charge in [-0.15, -0.1) is 0 Å². The first-order valence-corrected chi connectivity index (χ1v) is 4.63. The summed E-state index contributed by atoms with van der Waals surface area (Å²) >= 11 is 0. The number of hydrogen-bond donors (Lipinski definition) is 0. The van der Waals surface area contributed by atoms with Crippen molar-refractivity contribution in [1.82, 2.24) is 0 Å². The number of hydrogen-bond acceptors (Lipinski definition) is 0. The summed E-state index contributed by atoms with van der Waals surface area (Å²) in [6.45, 7) is 8.06. The smallest absolute Gasteiger partial charge is 0.000462 e. The summed E-state index contributed by atoms with van der Waals surface area (Å²) in [5.74, 6) is 0.471. The second kappa shape index (κ2) is 4.66. The highest BCUT2D eigenvalue weighted by molar-refractivity contribution is 5.53. The average Bonchev–Trinajstić information content (AvgIpc) is 2.18. The van der Waals surface area contributed by atoms with Gasteiger partial charge in [-0.1, -0.05) is 56.0 Å². The number of allylic oxidation sites excluding steroid dienone is 2. The Bertz CT molecular complexity index is 308. The van der Waals surface area contributed by atoms with Gasteiger partial charge in [-0.2, -0.15) is 0 Å². The van der Waals surface area contributed by atoms with Crippen LogP contribution in [0, 0.1) is 0 Å². The van der Waals surface area contributed by atoms with Gasteiger partial charge in [0.2, 0.25) is 0 Å². The largest absolute Gasteiger partial charge is 0.0985 e. The molecule has 1 atom stereocenters. The third-order valence-electron chi connectivity index (χ3n) is 2.19. The molecular weight excluding hydrogens is 156 g/mol. The molecule has 0 spiro atoms. The van der Waals surface area contributed by atoms with Crippen LogP contribution in [-0.4, -0.2) is 0 Å². The first-order chi connectivity index (χ1) is 6.29. The molecule has 0 aromatic heterocycles. The summed E-state index contributed by atoms with van der Waals surface area (Å²) in [5.41, 5.74) is 2.57. The summed E-state index contributed by atoms with van der Waals surface area (Å²) in [4.78, 5) is 0.